The maximum absolute atomic E-state index is 6.03. The fourth-order valence-electron chi connectivity index (χ4n) is 1.70. The van der Waals surface area contributed by atoms with Crippen LogP contribution in [0.4, 0.5) is 0 Å². The molecule has 1 aromatic heterocycles. The molecule has 0 aliphatic carbocycles. The Labute approximate surface area is 110 Å². The Balaban J connectivity index is 2.29. The van der Waals surface area contributed by atoms with Gasteiger partial charge in [0.15, 0.2) is 0 Å². The van der Waals surface area contributed by atoms with Crippen LogP contribution in [0.3, 0.4) is 0 Å². The monoisotopic (exact) mass is 266 g/mol. The van der Waals surface area contributed by atoms with Crippen LogP contribution in [0.1, 0.15) is 34.7 Å². The predicted molar refractivity (Wildman–Crippen MR) is 73.7 cm³/mol. The van der Waals surface area contributed by atoms with E-state index in [1.165, 1.54) is 5.56 Å². The van der Waals surface area contributed by atoms with E-state index in [4.69, 9.17) is 17.3 Å². The molecule has 0 aliphatic heterocycles. The van der Waals surface area contributed by atoms with Gasteiger partial charge < -0.3 is 5.73 Å². The second-order valence-electron chi connectivity index (χ2n) is 4.11. The molecule has 0 spiro atoms. The van der Waals surface area contributed by atoms with Crippen LogP contribution in [0.25, 0.3) is 0 Å². The van der Waals surface area contributed by atoms with E-state index in [0.717, 1.165) is 21.3 Å². The Morgan fingerprint density at radius 1 is 1.47 bits per heavy atom. The standard InChI is InChI=1S/C13H15ClN2S/c1-8-5-10(3-4-12(8)14)9(2)13-16-11(6-15)7-17-13/h3-5,7,9H,6,15H2,1-2H3. The highest BCUT2D eigenvalue weighted by Gasteiger charge is 2.13. The topological polar surface area (TPSA) is 38.9 Å². The zero-order valence-corrected chi connectivity index (χ0v) is 11.5. The molecule has 0 fully saturated rings. The fraction of sp³-hybridized carbons (Fsp3) is 0.308. The minimum absolute atomic E-state index is 0.288. The quantitative estimate of drug-likeness (QED) is 0.920. The molecule has 0 amide bonds. The zero-order valence-electron chi connectivity index (χ0n) is 9.90. The molecule has 4 heteroatoms. The minimum Gasteiger partial charge on any atom is -0.325 e. The molecule has 1 aromatic carbocycles. The maximum Gasteiger partial charge on any atom is 0.100 e. The van der Waals surface area contributed by atoms with Crippen molar-refractivity contribution in [3.8, 4) is 0 Å². The van der Waals surface area contributed by atoms with Gasteiger partial charge in [-0.05, 0) is 24.1 Å². The molecule has 0 saturated heterocycles. The number of hydrogen-bond acceptors (Lipinski definition) is 3. The molecular weight excluding hydrogens is 252 g/mol. The third kappa shape index (κ3) is 2.68. The van der Waals surface area contributed by atoms with Gasteiger partial charge in [-0.3, -0.25) is 0 Å². The first kappa shape index (κ1) is 12.6. The lowest BCUT2D eigenvalue weighted by Crippen LogP contribution is -1.99. The Morgan fingerprint density at radius 3 is 2.82 bits per heavy atom. The molecule has 0 aliphatic rings. The highest BCUT2D eigenvalue weighted by Crippen LogP contribution is 2.29. The second kappa shape index (κ2) is 5.17. The van der Waals surface area contributed by atoms with Gasteiger partial charge in [0.05, 0.1) is 5.69 Å². The molecular formula is C13H15ClN2S. The van der Waals surface area contributed by atoms with Crippen molar-refractivity contribution in [2.45, 2.75) is 26.3 Å². The third-order valence-electron chi connectivity index (χ3n) is 2.83. The van der Waals surface area contributed by atoms with Crippen LogP contribution in [-0.4, -0.2) is 4.98 Å². The van der Waals surface area contributed by atoms with Crippen LogP contribution in [0.2, 0.25) is 5.02 Å². The summed E-state index contributed by atoms with van der Waals surface area (Å²) in [5, 5.41) is 3.93. The summed E-state index contributed by atoms with van der Waals surface area (Å²) in [6, 6.07) is 6.13. The van der Waals surface area contributed by atoms with Gasteiger partial charge in [-0.1, -0.05) is 30.7 Å². The van der Waals surface area contributed by atoms with Crippen molar-refractivity contribution >= 4 is 22.9 Å². The first-order valence-electron chi connectivity index (χ1n) is 5.52. The lowest BCUT2D eigenvalue weighted by molar-refractivity contribution is 0.879. The van der Waals surface area contributed by atoms with Crippen LogP contribution in [0.5, 0.6) is 0 Å². The van der Waals surface area contributed by atoms with Crippen molar-refractivity contribution in [2.75, 3.05) is 0 Å². The fourth-order valence-corrected chi connectivity index (χ4v) is 2.73. The third-order valence-corrected chi connectivity index (χ3v) is 4.33. The van der Waals surface area contributed by atoms with E-state index >= 15 is 0 Å². The molecule has 2 N–H and O–H groups in total. The van der Waals surface area contributed by atoms with Gasteiger partial charge in [-0.25, -0.2) is 4.98 Å². The maximum atomic E-state index is 6.03. The number of hydrogen-bond donors (Lipinski definition) is 1. The van der Waals surface area contributed by atoms with Crippen molar-refractivity contribution in [3.05, 3.63) is 50.4 Å². The number of thiazole rings is 1. The summed E-state index contributed by atoms with van der Waals surface area (Å²) < 4.78 is 0. The highest BCUT2D eigenvalue weighted by molar-refractivity contribution is 7.09. The number of aromatic nitrogens is 1. The molecule has 2 nitrogen and oxygen atoms in total. The number of aryl methyl sites for hydroxylation is 1. The summed E-state index contributed by atoms with van der Waals surface area (Å²) in [6.45, 7) is 4.68. The second-order valence-corrected chi connectivity index (χ2v) is 5.41. The Morgan fingerprint density at radius 2 is 2.24 bits per heavy atom. The van der Waals surface area contributed by atoms with E-state index in [-0.39, 0.29) is 5.92 Å². The molecule has 90 valence electrons. The van der Waals surface area contributed by atoms with Crippen LogP contribution in [0, 0.1) is 6.92 Å². The van der Waals surface area contributed by atoms with E-state index in [1.807, 2.05) is 18.4 Å². The average Bonchev–Trinajstić information content (AvgIpc) is 2.80. The highest BCUT2D eigenvalue weighted by atomic mass is 35.5. The van der Waals surface area contributed by atoms with Gasteiger partial charge in [0.1, 0.15) is 5.01 Å². The summed E-state index contributed by atoms with van der Waals surface area (Å²) in [7, 11) is 0. The Hall–Kier alpha value is -0.900. The van der Waals surface area contributed by atoms with Gasteiger partial charge in [0.2, 0.25) is 0 Å². The van der Waals surface area contributed by atoms with E-state index in [0.29, 0.717) is 6.54 Å². The number of benzene rings is 1. The Kier molecular flexibility index (Phi) is 3.82. The Bertz CT molecular complexity index is 522. The molecule has 1 atom stereocenters. The first-order chi connectivity index (χ1) is 8.11. The number of nitrogens with zero attached hydrogens (tertiary/aromatic N) is 1. The molecule has 1 unspecified atom stereocenters. The van der Waals surface area contributed by atoms with Crippen molar-refractivity contribution in [2.24, 2.45) is 5.73 Å². The van der Waals surface area contributed by atoms with E-state index in [2.05, 4.69) is 24.0 Å². The van der Waals surface area contributed by atoms with Crippen molar-refractivity contribution in [1.82, 2.24) is 4.98 Å². The summed E-state index contributed by atoms with van der Waals surface area (Å²) in [5.74, 6) is 0.288. The molecule has 2 aromatic rings. The van der Waals surface area contributed by atoms with Gasteiger partial charge in [0.25, 0.3) is 0 Å². The number of rotatable bonds is 3. The van der Waals surface area contributed by atoms with Crippen molar-refractivity contribution < 1.29 is 0 Å². The SMILES string of the molecule is Cc1cc(C(C)c2nc(CN)cs2)ccc1Cl. The van der Waals surface area contributed by atoms with Crippen LogP contribution >= 0.6 is 22.9 Å². The van der Waals surface area contributed by atoms with Gasteiger partial charge >= 0.3 is 0 Å². The van der Waals surface area contributed by atoms with Crippen LogP contribution in [-0.2, 0) is 6.54 Å². The molecule has 0 bridgehead atoms. The zero-order chi connectivity index (χ0) is 12.4. The van der Waals surface area contributed by atoms with Crippen molar-refractivity contribution in [3.63, 3.8) is 0 Å². The summed E-state index contributed by atoms with van der Waals surface area (Å²) in [5.41, 5.74) is 8.88. The lowest BCUT2D eigenvalue weighted by Gasteiger charge is -2.10. The van der Waals surface area contributed by atoms with E-state index < -0.39 is 0 Å². The van der Waals surface area contributed by atoms with Gasteiger partial charge in [-0.2, -0.15) is 0 Å². The minimum atomic E-state index is 0.288. The number of halogens is 1. The molecule has 0 saturated carbocycles. The van der Waals surface area contributed by atoms with Crippen LogP contribution < -0.4 is 5.73 Å². The van der Waals surface area contributed by atoms with Crippen molar-refractivity contribution in [1.29, 1.82) is 0 Å². The normalized spacial score (nSPS) is 12.7. The first-order valence-corrected chi connectivity index (χ1v) is 6.78. The van der Waals surface area contributed by atoms with Gasteiger partial charge in [0, 0.05) is 22.9 Å². The molecule has 1 heterocycles. The summed E-state index contributed by atoms with van der Waals surface area (Å²) in [6.07, 6.45) is 0. The molecule has 17 heavy (non-hydrogen) atoms. The molecule has 2 rings (SSSR count). The van der Waals surface area contributed by atoms with E-state index in [9.17, 15) is 0 Å². The van der Waals surface area contributed by atoms with Gasteiger partial charge in [-0.15, -0.1) is 11.3 Å². The van der Waals surface area contributed by atoms with Crippen LogP contribution in [0.15, 0.2) is 23.6 Å². The smallest absolute Gasteiger partial charge is 0.100 e. The summed E-state index contributed by atoms with van der Waals surface area (Å²) >= 11 is 7.69. The predicted octanol–water partition coefficient (Wildman–Crippen LogP) is 3.72. The largest absolute Gasteiger partial charge is 0.325 e. The lowest BCUT2D eigenvalue weighted by atomic mass is 10.00. The average molecular weight is 267 g/mol. The number of nitrogens with two attached hydrogens (primary N) is 1. The molecule has 0 radical (unpaired) electrons. The van der Waals surface area contributed by atoms with E-state index in [1.54, 1.807) is 11.3 Å². The summed E-state index contributed by atoms with van der Waals surface area (Å²) in [4.78, 5) is 4.52.